The molecule has 19 heavy (non-hydrogen) atoms. The van der Waals surface area contributed by atoms with Crippen LogP contribution in [0.15, 0.2) is 36.4 Å². The number of aromatic carboxylic acids is 1. The van der Waals surface area contributed by atoms with Gasteiger partial charge in [0.2, 0.25) is 0 Å². The summed E-state index contributed by atoms with van der Waals surface area (Å²) in [6.45, 7) is 1.93. The number of ether oxygens (including phenoxy) is 1. The lowest BCUT2D eigenvalue weighted by molar-refractivity contribution is 0.0697. The second-order valence-electron chi connectivity index (χ2n) is 4.18. The predicted molar refractivity (Wildman–Crippen MR) is 75.1 cm³/mol. The fraction of sp³-hybridized carbons (Fsp3) is 0.133. The first-order valence-corrected chi connectivity index (χ1v) is 6.08. The molecule has 0 spiro atoms. The Balaban J connectivity index is 2.58. The van der Waals surface area contributed by atoms with Gasteiger partial charge in [0.25, 0.3) is 0 Å². The molecule has 0 heterocycles. The van der Waals surface area contributed by atoms with Crippen molar-refractivity contribution in [2.24, 2.45) is 0 Å². The molecule has 0 aromatic heterocycles. The zero-order valence-corrected chi connectivity index (χ0v) is 11.4. The van der Waals surface area contributed by atoms with Gasteiger partial charge in [-0.25, -0.2) is 4.79 Å². The standard InChI is InChI=1S/C15H13ClO3/c1-9-7-11(19-2)4-5-12(9)13-8-10(15(17)18)3-6-14(13)16/h3-8H,1-2H3,(H,17,18). The van der Waals surface area contributed by atoms with Crippen LogP contribution in [0, 0.1) is 6.92 Å². The number of hydrogen-bond donors (Lipinski definition) is 1. The molecule has 4 heteroatoms. The normalized spacial score (nSPS) is 10.3. The van der Waals surface area contributed by atoms with E-state index in [0.717, 1.165) is 16.9 Å². The van der Waals surface area contributed by atoms with Crippen molar-refractivity contribution in [2.45, 2.75) is 6.92 Å². The third-order valence-electron chi connectivity index (χ3n) is 2.94. The maximum absolute atomic E-state index is 11.0. The maximum atomic E-state index is 11.0. The fourth-order valence-corrected chi connectivity index (χ4v) is 2.15. The highest BCUT2D eigenvalue weighted by Crippen LogP contribution is 2.33. The van der Waals surface area contributed by atoms with Gasteiger partial charge in [-0.3, -0.25) is 0 Å². The van der Waals surface area contributed by atoms with Gasteiger partial charge >= 0.3 is 5.97 Å². The van der Waals surface area contributed by atoms with Crippen molar-refractivity contribution < 1.29 is 14.6 Å². The van der Waals surface area contributed by atoms with E-state index in [4.69, 9.17) is 21.4 Å². The van der Waals surface area contributed by atoms with Crippen LogP contribution in [0.3, 0.4) is 0 Å². The SMILES string of the molecule is COc1ccc(-c2cc(C(=O)O)ccc2Cl)c(C)c1. The summed E-state index contributed by atoms with van der Waals surface area (Å²) < 4.78 is 5.15. The van der Waals surface area contributed by atoms with E-state index in [1.54, 1.807) is 19.2 Å². The molecule has 0 unspecified atom stereocenters. The minimum Gasteiger partial charge on any atom is -0.497 e. The summed E-state index contributed by atoms with van der Waals surface area (Å²) in [5.41, 5.74) is 2.80. The van der Waals surface area contributed by atoms with Crippen LogP contribution < -0.4 is 4.74 Å². The van der Waals surface area contributed by atoms with Gasteiger partial charge in [0.05, 0.1) is 12.7 Å². The van der Waals surface area contributed by atoms with Crippen LogP contribution in [0.2, 0.25) is 5.02 Å². The molecule has 2 rings (SSSR count). The molecule has 98 valence electrons. The van der Waals surface area contributed by atoms with Crippen LogP contribution >= 0.6 is 11.6 Å². The summed E-state index contributed by atoms with van der Waals surface area (Å²) in [5, 5.41) is 9.56. The minimum absolute atomic E-state index is 0.217. The van der Waals surface area contributed by atoms with E-state index >= 15 is 0 Å². The van der Waals surface area contributed by atoms with Crippen LogP contribution in [-0.2, 0) is 0 Å². The Morgan fingerprint density at radius 3 is 2.47 bits per heavy atom. The molecule has 0 radical (unpaired) electrons. The average molecular weight is 277 g/mol. The molecule has 0 aliphatic carbocycles. The highest BCUT2D eigenvalue weighted by Gasteiger charge is 2.11. The minimum atomic E-state index is -0.968. The highest BCUT2D eigenvalue weighted by molar-refractivity contribution is 6.33. The van der Waals surface area contributed by atoms with Crippen LogP contribution in [0.4, 0.5) is 0 Å². The van der Waals surface area contributed by atoms with E-state index < -0.39 is 5.97 Å². The summed E-state index contributed by atoms with van der Waals surface area (Å²) in [4.78, 5) is 11.0. The van der Waals surface area contributed by atoms with Gasteiger partial charge < -0.3 is 9.84 Å². The topological polar surface area (TPSA) is 46.5 Å². The monoisotopic (exact) mass is 276 g/mol. The van der Waals surface area contributed by atoms with Crippen LogP contribution in [-0.4, -0.2) is 18.2 Å². The second-order valence-corrected chi connectivity index (χ2v) is 4.59. The number of hydrogen-bond acceptors (Lipinski definition) is 2. The molecule has 0 aliphatic rings. The van der Waals surface area contributed by atoms with Crippen molar-refractivity contribution >= 4 is 17.6 Å². The first kappa shape index (κ1) is 13.4. The number of methoxy groups -OCH3 is 1. The molecule has 2 aromatic rings. The lowest BCUT2D eigenvalue weighted by Gasteiger charge is -2.10. The molecule has 0 saturated heterocycles. The molecule has 1 N–H and O–H groups in total. The summed E-state index contributed by atoms with van der Waals surface area (Å²) >= 11 is 6.16. The Bertz CT molecular complexity index is 635. The number of carbonyl (C=O) groups is 1. The predicted octanol–water partition coefficient (Wildman–Crippen LogP) is 4.02. The number of rotatable bonds is 3. The summed E-state index contributed by atoms with van der Waals surface area (Å²) in [7, 11) is 1.60. The second kappa shape index (κ2) is 5.33. The van der Waals surface area contributed by atoms with E-state index in [-0.39, 0.29) is 5.56 Å². The largest absolute Gasteiger partial charge is 0.497 e. The van der Waals surface area contributed by atoms with E-state index in [1.165, 1.54) is 6.07 Å². The van der Waals surface area contributed by atoms with Gasteiger partial charge in [0, 0.05) is 10.6 Å². The molecule has 2 aromatic carbocycles. The molecule has 0 atom stereocenters. The molecule has 0 amide bonds. The van der Waals surface area contributed by atoms with Crippen molar-refractivity contribution in [3.05, 3.63) is 52.5 Å². The van der Waals surface area contributed by atoms with E-state index in [9.17, 15) is 4.79 Å². The smallest absolute Gasteiger partial charge is 0.335 e. The van der Waals surface area contributed by atoms with E-state index in [1.807, 2.05) is 25.1 Å². The molecule has 0 saturated carbocycles. The Hall–Kier alpha value is -2.00. The van der Waals surface area contributed by atoms with Crippen molar-refractivity contribution in [3.63, 3.8) is 0 Å². The van der Waals surface area contributed by atoms with Crippen molar-refractivity contribution in [3.8, 4) is 16.9 Å². The lowest BCUT2D eigenvalue weighted by Crippen LogP contribution is -1.97. The maximum Gasteiger partial charge on any atom is 0.335 e. The third-order valence-corrected chi connectivity index (χ3v) is 3.27. The summed E-state index contributed by atoms with van der Waals surface area (Å²) in [6.07, 6.45) is 0. The van der Waals surface area contributed by atoms with Crippen LogP contribution in [0.25, 0.3) is 11.1 Å². The first-order chi connectivity index (χ1) is 9.02. The number of aryl methyl sites for hydroxylation is 1. The summed E-state index contributed by atoms with van der Waals surface area (Å²) in [6, 6.07) is 10.3. The molecular formula is C15H13ClO3. The van der Waals surface area contributed by atoms with Gasteiger partial charge in [0.15, 0.2) is 0 Å². The molecule has 0 aliphatic heterocycles. The van der Waals surface area contributed by atoms with Crippen molar-refractivity contribution in [1.82, 2.24) is 0 Å². The van der Waals surface area contributed by atoms with E-state index in [0.29, 0.717) is 10.6 Å². The highest BCUT2D eigenvalue weighted by atomic mass is 35.5. The molecule has 3 nitrogen and oxygen atoms in total. The van der Waals surface area contributed by atoms with Gasteiger partial charge in [-0.05, 0) is 48.4 Å². The number of benzene rings is 2. The third kappa shape index (κ3) is 2.71. The number of carboxylic acid groups (broad SMARTS) is 1. The van der Waals surface area contributed by atoms with Crippen molar-refractivity contribution in [1.29, 1.82) is 0 Å². The summed E-state index contributed by atoms with van der Waals surface area (Å²) in [5.74, 6) is -0.212. The zero-order chi connectivity index (χ0) is 14.0. The van der Waals surface area contributed by atoms with Gasteiger partial charge in [-0.1, -0.05) is 17.7 Å². The molecule has 0 fully saturated rings. The Morgan fingerprint density at radius 1 is 1.16 bits per heavy atom. The zero-order valence-electron chi connectivity index (χ0n) is 10.6. The number of carboxylic acids is 1. The molecule has 0 bridgehead atoms. The van der Waals surface area contributed by atoms with Gasteiger partial charge in [0.1, 0.15) is 5.75 Å². The van der Waals surface area contributed by atoms with Crippen molar-refractivity contribution in [2.75, 3.05) is 7.11 Å². The molecular weight excluding hydrogens is 264 g/mol. The lowest BCUT2D eigenvalue weighted by atomic mass is 9.98. The Morgan fingerprint density at radius 2 is 1.89 bits per heavy atom. The number of halogens is 1. The van der Waals surface area contributed by atoms with Gasteiger partial charge in [-0.2, -0.15) is 0 Å². The average Bonchev–Trinajstić information content (AvgIpc) is 2.39. The fourth-order valence-electron chi connectivity index (χ4n) is 1.93. The Labute approximate surface area is 116 Å². The van der Waals surface area contributed by atoms with E-state index in [2.05, 4.69) is 0 Å². The Kier molecular flexibility index (Phi) is 3.76. The van der Waals surface area contributed by atoms with Gasteiger partial charge in [-0.15, -0.1) is 0 Å². The quantitative estimate of drug-likeness (QED) is 0.921. The first-order valence-electron chi connectivity index (χ1n) is 5.71. The van der Waals surface area contributed by atoms with Crippen LogP contribution in [0.1, 0.15) is 15.9 Å². The van der Waals surface area contributed by atoms with Crippen LogP contribution in [0.5, 0.6) is 5.75 Å².